The van der Waals surface area contributed by atoms with Crippen molar-refractivity contribution >= 4 is 17.5 Å². The molecule has 5 rings (SSSR count). The Morgan fingerprint density at radius 3 is 2.47 bits per heavy atom. The van der Waals surface area contributed by atoms with E-state index in [0.717, 1.165) is 23.4 Å². The van der Waals surface area contributed by atoms with Crippen molar-refractivity contribution in [3.05, 3.63) is 71.0 Å². The van der Waals surface area contributed by atoms with Gasteiger partial charge in [-0.05, 0) is 54.7 Å². The van der Waals surface area contributed by atoms with E-state index < -0.39 is 0 Å². The number of hydrogen-bond donors (Lipinski definition) is 1. The number of carbonyl (C=O) groups excluding carboxylic acids is 2. The van der Waals surface area contributed by atoms with Crippen LogP contribution in [0.3, 0.4) is 0 Å². The number of carbonyl (C=O) groups is 2. The number of methoxy groups -OCH3 is 1. The molecule has 2 aliphatic rings. The maximum absolute atomic E-state index is 13.2. The fourth-order valence-electron chi connectivity index (χ4n) is 4.76. The smallest absolute Gasteiger partial charge is 0.276 e. The molecule has 1 atom stereocenters. The van der Waals surface area contributed by atoms with Gasteiger partial charge in [0.1, 0.15) is 11.9 Å². The van der Waals surface area contributed by atoms with Gasteiger partial charge in [-0.3, -0.25) is 9.59 Å². The Morgan fingerprint density at radius 1 is 1.08 bits per heavy atom. The molecule has 0 saturated carbocycles. The number of nitrogens with zero attached hydrogens (tertiary/aromatic N) is 4. The molecule has 2 aromatic carbocycles. The number of amides is 2. The molecule has 36 heavy (non-hydrogen) atoms. The molecule has 3 heterocycles. The molecule has 9 nitrogen and oxygen atoms in total. The average molecular weight is 490 g/mol. The fourth-order valence-corrected chi connectivity index (χ4v) is 4.76. The topological polar surface area (TPSA) is 98.6 Å². The summed E-state index contributed by atoms with van der Waals surface area (Å²) in [5.41, 5.74) is 4.09. The summed E-state index contributed by atoms with van der Waals surface area (Å²) in [7, 11) is 1.63. The van der Waals surface area contributed by atoms with E-state index in [2.05, 4.69) is 22.6 Å². The van der Waals surface area contributed by atoms with Gasteiger partial charge < -0.3 is 19.7 Å². The van der Waals surface area contributed by atoms with E-state index in [1.807, 2.05) is 48.5 Å². The van der Waals surface area contributed by atoms with Gasteiger partial charge in [-0.2, -0.15) is 0 Å². The maximum Gasteiger partial charge on any atom is 0.276 e. The molecule has 9 heteroatoms. The first-order chi connectivity index (χ1) is 17.6. The first-order valence-electron chi connectivity index (χ1n) is 12.4. The number of aryl methyl sites for hydroxylation is 1. The molecular formula is C27H31N5O4. The Morgan fingerprint density at radius 2 is 1.81 bits per heavy atom. The van der Waals surface area contributed by atoms with Gasteiger partial charge in [0.05, 0.1) is 26.0 Å². The summed E-state index contributed by atoms with van der Waals surface area (Å²) in [6.07, 6.45) is 2.03. The van der Waals surface area contributed by atoms with Crippen LogP contribution < -0.4 is 10.1 Å². The molecule has 1 fully saturated rings. The third-order valence-corrected chi connectivity index (χ3v) is 7.07. The van der Waals surface area contributed by atoms with Crippen LogP contribution in [0, 0.1) is 5.92 Å². The summed E-state index contributed by atoms with van der Waals surface area (Å²) in [6.45, 7) is 3.87. The van der Waals surface area contributed by atoms with Crippen molar-refractivity contribution in [2.24, 2.45) is 5.92 Å². The molecule has 0 bridgehead atoms. The quantitative estimate of drug-likeness (QED) is 0.568. The number of likely N-dealkylation sites (tertiary alicyclic amines) is 1. The molecule has 3 aromatic rings. The lowest BCUT2D eigenvalue weighted by molar-refractivity contribution is -0.121. The molecule has 188 valence electrons. The van der Waals surface area contributed by atoms with E-state index in [-0.39, 0.29) is 30.4 Å². The van der Waals surface area contributed by atoms with E-state index >= 15 is 0 Å². The minimum Gasteiger partial charge on any atom is -0.497 e. The van der Waals surface area contributed by atoms with Crippen molar-refractivity contribution in [3.63, 3.8) is 0 Å². The molecule has 0 aliphatic carbocycles. The van der Waals surface area contributed by atoms with Crippen LogP contribution in [-0.2, 0) is 29.1 Å². The van der Waals surface area contributed by atoms with Crippen LogP contribution in [0.5, 0.6) is 5.75 Å². The highest BCUT2D eigenvalue weighted by atomic mass is 16.5. The van der Waals surface area contributed by atoms with Gasteiger partial charge in [-0.25, -0.2) is 4.68 Å². The molecule has 1 aromatic heterocycles. The van der Waals surface area contributed by atoms with Crippen molar-refractivity contribution in [2.45, 2.75) is 45.4 Å². The van der Waals surface area contributed by atoms with E-state index in [1.54, 1.807) is 16.7 Å². The second-order valence-corrected chi connectivity index (χ2v) is 9.25. The summed E-state index contributed by atoms with van der Waals surface area (Å²) in [6, 6.07) is 15.7. The zero-order chi connectivity index (χ0) is 25.1. The highest BCUT2D eigenvalue weighted by Gasteiger charge is 2.33. The summed E-state index contributed by atoms with van der Waals surface area (Å²) >= 11 is 0. The van der Waals surface area contributed by atoms with Crippen LogP contribution in [0.15, 0.2) is 48.5 Å². The predicted octanol–water partition coefficient (Wildman–Crippen LogP) is 3.61. The maximum atomic E-state index is 13.2. The number of aromatic nitrogens is 3. The molecule has 1 N–H and O–H groups in total. The average Bonchev–Trinajstić information content (AvgIpc) is 3.36. The molecule has 1 unspecified atom stereocenters. The van der Waals surface area contributed by atoms with Crippen molar-refractivity contribution in [1.82, 2.24) is 19.9 Å². The third-order valence-electron chi connectivity index (χ3n) is 7.07. The number of ether oxygens (including phenoxy) is 2. The molecule has 0 radical (unpaired) electrons. The summed E-state index contributed by atoms with van der Waals surface area (Å²) in [5.74, 6) is 0.514. The minimum absolute atomic E-state index is 0.00496. The van der Waals surface area contributed by atoms with Gasteiger partial charge in [-0.1, -0.05) is 36.4 Å². The van der Waals surface area contributed by atoms with Crippen LogP contribution >= 0.6 is 0 Å². The van der Waals surface area contributed by atoms with Gasteiger partial charge in [-0.15, -0.1) is 5.10 Å². The van der Waals surface area contributed by atoms with Crippen molar-refractivity contribution in [2.75, 3.05) is 25.5 Å². The molecule has 1 saturated heterocycles. The zero-order valence-corrected chi connectivity index (χ0v) is 20.6. The number of piperidine rings is 1. The van der Waals surface area contributed by atoms with Crippen LogP contribution in [0.2, 0.25) is 0 Å². The third kappa shape index (κ3) is 4.97. The number of fused-ring (bicyclic) bond motifs is 1. The second kappa shape index (κ2) is 10.5. The molecule has 2 amide bonds. The number of anilines is 1. The fraction of sp³-hybridized carbons (Fsp3) is 0.407. The lowest BCUT2D eigenvalue weighted by Crippen LogP contribution is -2.42. The Hall–Kier alpha value is -3.72. The molecular weight excluding hydrogens is 458 g/mol. The van der Waals surface area contributed by atoms with Crippen molar-refractivity contribution < 1.29 is 19.1 Å². The minimum atomic E-state index is -0.166. The number of benzene rings is 2. The normalized spacial score (nSPS) is 17.9. The Labute approximate surface area is 210 Å². The summed E-state index contributed by atoms with van der Waals surface area (Å²) in [5, 5.41) is 11.4. The number of nitrogens with one attached hydrogen (secondary N) is 1. The van der Waals surface area contributed by atoms with Gasteiger partial charge in [0.25, 0.3) is 5.91 Å². The number of rotatable bonds is 6. The largest absolute Gasteiger partial charge is 0.497 e. The summed E-state index contributed by atoms with van der Waals surface area (Å²) in [4.78, 5) is 27.7. The first kappa shape index (κ1) is 24.0. The van der Waals surface area contributed by atoms with Crippen LogP contribution in [-0.4, -0.2) is 51.9 Å². The van der Waals surface area contributed by atoms with Gasteiger partial charge >= 0.3 is 0 Å². The lowest BCUT2D eigenvalue weighted by atomic mass is 9.95. The van der Waals surface area contributed by atoms with Crippen LogP contribution in [0.25, 0.3) is 0 Å². The Balaban J connectivity index is 1.17. The molecule has 2 aliphatic heterocycles. The van der Waals surface area contributed by atoms with Crippen molar-refractivity contribution in [1.29, 1.82) is 0 Å². The summed E-state index contributed by atoms with van der Waals surface area (Å²) < 4.78 is 13.0. The highest BCUT2D eigenvalue weighted by Crippen LogP contribution is 2.29. The van der Waals surface area contributed by atoms with Gasteiger partial charge in [0.15, 0.2) is 5.69 Å². The van der Waals surface area contributed by atoms with Gasteiger partial charge in [0.2, 0.25) is 5.91 Å². The van der Waals surface area contributed by atoms with Crippen molar-refractivity contribution in [3.8, 4) is 5.75 Å². The van der Waals surface area contributed by atoms with Gasteiger partial charge in [0, 0.05) is 24.7 Å². The van der Waals surface area contributed by atoms with E-state index in [4.69, 9.17) is 9.47 Å². The zero-order valence-electron chi connectivity index (χ0n) is 20.6. The Kier molecular flexibility index (Phi) is 6.99. The van der Waals surface area contributed by atoms with E-state index in [0.29, 0.717) is 43.9 Å². The second-order valence-electron chi connectivity index (χ2n) is 9.25. The van der Waals surface area contributed by atoms with E-state index in [1.165, 1.54) is 5.56 Å². The van der Waals surface area contributed by atoms with Crippen LogP contribution in [0.4, 0.5) is 5.69 Å². The lowest BCUT2D eigenvalue weighted by Gasteiger charge is -2.31. The standard InChI is InChI=1S/C27H31N5O4/c1-3-18-4-8-21(9-5-18)28-26(33)20-12-14-31(15-13-20)27(34)25-23-17-36-24(16-32(23)30-29-25)19-6-10-22(35-2)11-7-19/h4-11,20,24H,3,12-17H2,1-2H3,(H,28,33). The van der Waals surface area contributed by atoms with Crippen LogP contribution in [0.1, 0.15) is 53.2 Å². The monoisotopic (exact) mass is 489 g/mol. The highest BCUT2D eigenvalue weighted by molar-refractivity contribution is 5.94. The SMILES string of the molecule is CCc1ccc(NC(=O)C2CCN(C(=O)c3nnn4c3COC(c3ccc(OC)cc3)C4)CC2)cc1. The predicted molar refractivity (Wildman–Crippen MR) is 134 cm³/mol. The van der Waals surface area contributed by atoms with E-state index in [9.17, 15) is 9.59 Å². The first-order valence-corrected chi connectivity index (χ1v) is 12.4. The molecule has 0 spiro atoms. The number of hydrogen-bond acceptors (Lipinski definition) is 6. The Bertz CT molecular complexity index is 1210.